The molecule has 2 heteroatoms. The molecule has 0 bridgehead atoms. The van der Waals surface area contributed by atoms with E-state index in [-0.39, 0.29) is 0 Å². The van der Waals surface area contributed by atoms with Crippen molar-refractivity contribution in [2.45, 2.75) is 91.1 Å². The molecule has 0 saturated heterocycles. The Morgan fingerprint density at radius 2 is 1.22 bits per heavy atom. The number of rotatable bonds is 13. The Bertz CT molecular complexity index is 151. The summed E-state index contributed by atoms with van der Waals surface area (Å²) in [6.07, 6.45) is 13.3. The first-order valence-electron chi connectivity index (χ1n) is 8.25. The van der Waals surface area contributed by atoms with E-state index in [2.05, 4.69) is 25.7 Å². The molecule has 0 amide bonds. The fourth-order valence-electron chi connectivity index (χ4n) is 2.31. The van der Waals surface area contributed by atoms with E-state index < -0.39 is 0 Å². The van der Waals surface area contributed by atoms with Crippen LogP contribution in [0, 0.1) is 0 Å². The van der Waals surface area contributed by atoms with Gasteiger partial charge in [0.2, 0.25) is 0 Å². The second kappa shape index (κ2) is 13.4. The zero-order chi connectivity index (χ0) is 13.6. The predicted molar refractivity (Wildman–Crippen MR) is 82.7 cm³/mol. The molecule has 0 rings (SSSR count). The van der Waals surface area contributed by atoms with E-state index in [9.17, 15) is 0 Å². The number of nitrogens with two attached hydrogens (primary N) is 1. The second-order valence-corrected chi connectivity index (χ2v) is 5.51. The largest absolute Gasteiger partial charge is 0.316 e. The van der Waals surface area contributed by atoms with Crippen molar-refractivity contribution in [1.29, 1.82) is 0 Å². The second-order valence-electron chi connectivity index (χ2n) is 5.51. The molecule has 2 N–H and O–H groups in total. The molecule has 0 aliphatic carbocycles. The third-order valence-corrected chi connectivity index (χ3v) is 3.67. The lowest BCUT2D eigenvalue weighted by Gasteiger charge is -2.28. The average molecular weight is 256 g/mol. The minimum Gasteiger partial charge on any atom is -0.316 e. The molecular weight excluding hydrogens is 220 g/mol. The highest BCUT2D eigenvalue weighted by Gasteiger charge is 2.12. The normalized spacial score (nSPS) is 13.2. The molecule has 0 aromatic heterocycles. The van der Waals surface area contributed by atoms with Gasteiger partial charge >= 0.3 is 0 Å². The van der Waals surface area contributed by atoms with E-state index >= 15 is 0 Å². The highest BCUT2D eigenvalue weighted by atomic mass is 15.2. The summed E-state index contributed by atoms with van der Waals surface area (Å²) in [7, 11) is 0. The van der Waals surface area contributed by atoms with Crippen LogP contribution in [0.3, 0.4) is 0 Å². The highest BCUT2D eigenvalue weighted by molar-refractivity contribution is 4.66. The summed E-state index contributed by atoms with van der Waals surface area (Å²) >= 11 is 0. The molecule has 18 heavy (non-hydrogen) atoms. The molecule has 0 aliphatic heterocycles. The molecule has 0 aromatic carbocycles. The van der Waals surface area contributed by atoms with Crippen LogP contribution in [0.4, 0.5) is 0 Å². The molecule has 1 atom stereocenters. The van der Waals surface area contributed by atoms with Crippen LogP contribution in [0.25, 0.3) is 0 Å². The lowest BCUT2D eigenvalue weighted by molar-refractivity contribution is 0.181. The van der Waals surface area contributed by atoms with Crippen LogP contribution in [-0.2, 0) is 0 Å². The molecule has 0 aromatic rings. The van der Waals surface area contributed by atoms with Crippen LogP contribution in [0.2, 0.25) is 0 Å². The molecule has 0 fully saturated rings. The molecular formula is C16H36N2. The first kappa shape index (κ1) is 17.9. The molecule has 110 valence electrons. The molecule has 0 radical (unpaired) electrons. The summed E-state index contributed by atoms with van der Waals surface area (Å²) < 4.78 is 0. The number of nitrogens with zero attached hydrogens (tertiary/aromatic N) is 1. The third-order valence-electron chi connectivity index (χ3n) is 3.67. The molecule has 2 nitrogen and oxygen atoms in total. The molecule has 0 heterocycles. The molecule has 0 spiro atoms. The maximum Gasteiger partial charge on any atom is 0.0571 e. The topological polar surface area (TPSA) is 29.3 Å². The van der Waals surface area contributed by atoms with Crippen LogP contribution >= 0.6 is 0 Å². The van der Waals surface area contributed by atoms with E-state index in [0.717, 1.165) is 0 Å². The fraction of sp³-hybridized carbons (Fsp3) is 1.00. The van der Waals surface area contributed by atoms with Crippen LogP contribution in [0.1, 0.15) is 85.0 Å². The van der Waals surface area contributed by atoms with Gasteiger partial charge in [-0.2, -0.15) is 0 Å². The predicted octanol–water partition coefficient (Wildman–Crippen LogP) is 4.53. The lowest BCUT2D eigenvalue weighted by Crippen LogP contribution is -2.43. The fourth-order valence-corrected chi connectivity index (χ4v) is 2.31. The smallest absolute Gasteiger partial charge is 0.0571 e. The summed E-state index contributed by atoms with van der Waals surface area (Å²) in [5.74, 6) is 0. The van der Waals surface area contributed by atoms with Crippen molar-refractivity contribution in [1.82, 2.24) is 4.90 Å². The van der Waals surface area contributed by atoms with Gasteiger partial charge < -0.3 is 5.73 Å². The van der Waals surface area contributed by atoms with Gasteiger partial charge in [-0.15, -0.1) is 0 Å². The monoisotopic (exact) mass is 256 g/mol. The van der Waals surface area contributed by atoms with Crippen molar-refractivity contribution in [3.8, 4) is 0 Å². The lowest BCUT2D eigenvalue weighted by atomic mass is 10.1. The zero-order valence-corrected chi connectivity index (χ0v) is 13.1. The van der Waals surface area contributed by atoms with E-state index in [1.165, 1.54) is 77.3 Å². The van der Waals surface area contributed by atoms with E-state index in [0.29, 0.717) is 6.17 Å². The average Bonchev–Trinajstić information content (AvgIpc) is 2.38. The van der Waals surface area contributed by atoms with Gasteiger partial charge in [-0.3, -0.25) is 4.90 Å². The maximum absolute atomic E-state index is 6.34. The SMILES string of the molecule is CCCCCCCC(N)N(CCCC)CCCC. The highest BCUT2D eigenvalue weighted by Crippen LogP contribution is 2.10. The first-order valence-corrected chi connectivity index (χ1v) is 8.25. The summed E-state index contributed by atoms with van der Waals surface area (Å²) in [4.78, 5) is 2.51. The standard InChI is InChI=1S/C16H36N2/c1-4-7-10-11-12-13-16(17)18(14-8-5-2)15-9-6-3/h16H,4-15,17H2,1-3H3. The Labute approximate surface area is 115 Å². The van der Waals surface area contributed by atoms with Crippen molar-refractivity contribution < 1.29 is 0 Å². The Hall–Kier alpha value is -0.0800. The van der Waals surface area contributed by atoms with Gasteiger partial charge in [0.05, 0.1) is 6.17 Å². The van der Waals surface area contributed by atoms with E-state index in [1.54, 1.807) is 0 Å². The Kier molecular flexibility index (Phi) is 13.3. The minimum absolute atomic E-state index is 0.296. The summed E-state index contributed by atoms with van der Waals surface area (Å²) in [5, 5.41) is 0. The van der Waals surface area contributed by atoms with Crippen molar-refractivity contribution in [2.75, 3.05) is 13.1 Å². The van der Waals surface area contributed by atoms with Crippen LogP contribution in [0.5, 0.6) is 0 Å². The van der Waals surface area contributed by atoms with Gasteiger partial charge in [-0.1, -0.05) is 65.7 Å². The number of hydrogen-bond donors (Lipinski definition) is 1. The Morgan fingerprint density at radius 3 is 1.72 bits per heavy atom. The zero-order valence-electron chi connectivity index (χ0n) is 13.1. The number of hydrogen-bond acceptors (Lipinski definition) is 2. The van der Waals surface area contributed by atoms with E-state index in [1.807, 2.05) is 0 Å². The van der Waals surface area contributed by atoms with Gasteiger partial charge in [-0.05, 0) is 32.4 Å². The summed E-state index contributed by atoms with van der Waals surface area (Å²) in [5.41, 5.74) is 6.34. The van der Waals surface area contributed by atoms with Crippen molar-refractivity contribution >= 4 is 0 Å². The number of unbranched alkanes of at least 4 members (excludes halogenated alkanes) is 6. The first-order chi connectivity index (χ1) is 8.76. The van der Waals surface area contributed by atoms with Gasteiger partial charge in [0.25, 0.3) is 0 Å². The van der Waals surface area contributed by atoms with Gasteiger partial charge in [0.1, 0.15) is 0 Å². The maximum atomic E-state index is 6.34. The quantitative estimate of drug-likeness (QED) is 0.387. The van der Waals surface area contributed by atoms with Crippen LogP contribution in [-0.4, -0.2) is 24.2 Å². The van der Waals surface area contributed by atoms with E-state index in [4.69, 9.17) is 5.73 Å². The van der Waals surface area contributed by atoms with Crippen molar-refractivity contribution in [2.24, 2.45) is 5.73 Å². The molecule has 0 aliphatic rings. The summed E-state index contributed by atoms with van der Waals surface area (Å²) in [6.45, 7) is 9.16. The van der Waals surface area contributed by atoms with Crippen LogP contribution < -0.4 is 5.73 Å². The van der Waals surface area contributed by atoms with Gasteiger partial charge in [0, 0.05) is 0 Å². The van der Waals surface area contributed by atoms with Crippen molar-refractivity contribution in [3.63, 3.8) is 0 Å². The molecule has 0 saturated carbocycles. The Balaban J connectivity index is 3.76. The van der Waals surface area contributed by atoms with Crippen LogP contribution in [0.15, 0.2) is 0 Å². The Morgan fingerprint density at radius 1 is 0.722 bits per heavy atom. The third kappa shape index (κ3) is 9.90. The summed E-state index contributed by atoms with van der Waals surface area (Å²) in [6, 6.07) is 0. The van der Waals surface area contributed by atoms with Gasteiger partial charge in [-0.25, -0.2) is 0 Å². The minimum atomic E-state index is 0.296. The van der Waals surface area contributed by atoms with Gasteiger partial charge in [0.15, 0.2) is 0 Å². The van der Waals surface area contributed by atoms with Crippen molar-refractivity contribution in [3.05, 3.63) is 0 Å². The molecule has 1 unspecified atom stereocenters.